The zero-order valence-corrected chi connectivity index (χ0v) is 11.4. The Morgan fingerprint density at radius 3 is 3.00 bits per heavy atom. The molecule has 0 aromatic carbocycles. The van der Waals surface area contributed by atoms with Gasteiger partial charge in [-0.15, -0.1) is 0 Å². The van der Waals surface area contributed by atoms with Crippen molar-refractivity contribution in [2.75, 3.05) is 18.9 Å². The predicted molar refractivity (Wildman–Crippen MR) is 72.7 cm³/mol. The minimum atomic E-state index is 0.359. The van der Waals surface area contributed by atoms with Gasteiger partial charge < -0.3 is 10.2 Å². The van der Waals surface area contributed by atoms with Crippen LogP contribution in [0.2, 0.25) is 5.15 Å². The lowest BCUT2D eigenvalue weighted by molar-refractivity contribution is 0.190. The second-order valence-corrected chi connectivity index (χ2v) is 5.26. The Labute approximate surface area is 113 Å². The summed E-state index contributed by atoms with van der Waals surface area (Å²) in [6, 6.07) is 6.36. The van der Waals surface area contributed by atoms with Crippen molar-refractivity contribution in [3.8, 4) is 6.07 Å². The van der Waals surface area contributed by atoms with Gasteiger partial charge in [0.25, 0.3) is 0 Å². The van der Waals surface area contributed by atoms with E-state index in [2.05, 4.69) is 35.2 Å². The number of aromatic nitrogens is 1. The second kappa shape index (κ2) is 5.55. The van der Waals surface area contributed by atoms with E-state index in [1.54, 1.807) is 12.1 Å². The number of nitrogens with zero attached hydrogens (tertiary/aromatic N) is 3. The van der Waals surface area contributed by atoms with Crippen LogP contribution in [0.5, 0.6) is 0 Å². The Bertz CT molecular complexity index is 469. The van der Waals surface area contributed by atoms with E-state index >= 15 is 0 Å². The highest BCUT2D eigenvalue weighted by Crippen LogP contribution is 2.20. The van der Waals surface area contributed by atoms with Gasteiger partial charge in [-0.2, -0.15) is 5.26 Å². The van der Waals surface area contributed by atoms with E-state index in [0.29, 0.717) is 28.6 Å². The number of hydrogen-bond acceptors (Lipinski definition) is 4. The Morgan fingerprint density at radius 1 is 1.56 bits per heavy atom. The zero-order chi connectivity index (χ0) is 13.1. The molecule has 2 rings (SSSR count). The number of rotatable bonds is 2. The number of anilines is 1. The maximum Gasteiger partial charge on any atom is 0.132 e. The summed E-state index contributed by atoms with van der Waals surface area (Å²) in [7, 11) is 2.15. The van der Waals surface area contributed by atoms with Gasteiger partial charge in [0, 0.05) is 18.6 Å². The number of pyridine rings is 1. The van der Waals surface area contributed by atoms with E-state index in [-0.39, 0.29) is 0 Å². The lowest BCUT2D eigenvalue weighted by atomic mass is 9.99. The van der Waals surface area contributed by atoms with Gasteiger partial charge in [0.1, 0.15) is 11.0 Å². The molecule has 1 aliphatic rings. The minimum absolute atomic E-state index is 0.359. The second-order valence-electron chi connectivity index (χ2n) is 4.87. The average molecular weight is 265 g/mol. The van der Waals surface area contributed by atoms with E-state index in [4.69, 9.17) is 16.9 Å². The molecule has 0 spiro atoms. The molecule has 1 fully saturated rings. The molecular formula is C13H17ClN4. The van der Waals surface area contributed by atoms with Crippen LogP contribution in [-0.4, -0.2) is 35.6 Å². The summed E-state index contributed by atoms with van der Waals surface area (Å²) >= 11 is 5.89. The number of nitrogens with one attached hydrogen (secondary N) is 1. The van der Waals surface area contributed by atoms with E-state index < -0.39 is 0 Å². The SMILES string of the molecule is CC1CC(Nc2cc(C#N)cc(Cl)n2)CCN1C. The van der Waals surface area contributed by atoms with Crippen molar-refractivity contribution < 1.29 is 0 Å². The van der Waals surface area contributed by atoms with Gasteiger partial charge in [-0.3, -0.25) is 0 Å². The fourth-order valence-electron chi connectivity index (χ4n) is 2.27. The first-order valence-electron chi connectivity index (χ1n) is 6.13. The summed E-state index contributed by atoms with van der Waals surface area (Å²) in [6.07, 6.45) is 2.16. The van der Waals surface area contributed by atoms with E-state index in [0.717, 1.165) is 19.4 Å². The Kier molecular flexibility index (Phi) is 4.05. The van der Waals surface area contributed by atoms with Crippen LogP contribution in [0, 0.1) is 11.3 Å². The van der Waals surface area contributed by atoms with E-state index in [1.165, 1.54) is 0 Å². The molecule has 2 heterocycles. The zero-order valence-electron chi connectivity index (χ0n) is 10.7. The van der Waals surface area contributed by atoms with Crippen LogP contribution in [-0.2, 0) is 0 Å². The monoisotopic (exact) mass is 264 g/mol. The first-order valence-corrected chi connectivity index (χ1v) is 6.50. The number of halogens is 1. The molecule has 1 aromatic rings. The molecule has 0 radical (unpaired) electrons. The quantitative estimate of drug-likeness (QED) is 0.834. The smallest absolute Gasteiger partial charge is 0.132 e. The molecule has 0 aliphatic carbocycles. The standard InChI is InChI=1S/C13H17ClN4/c1-9-5-11(3-4-18(9)2)16-13-7-10(8-15)6-12(14)17-13/h6-7,9,11H,3-5H2,1-2H3,(H,16,17). The third kappa shape index (κ3) is 3.12. The number of piperidine rings is 1. The molecular weight excluding hydrogens is 248 g/mol. The lowest BCUT2D eigenvalue weighted by Crippen LogP contribution is -2.42. The van der Waals surface area contributed by atoms with Crippen molar-refractivity contribution in [1.29, 1.82) is 5.26 Å². The minimum Gasteiger partial charge on any atom is -0.367 e. The molecule has 2 unspecified atom stereocenters. The Morgan fingerprint density at radius 2 is 2.33 bits per heavy atom. The molecule has 4 nitrogen and oxygen atoms in total. The lowest BCUT2D eigenvalue weighted by Gasteiger charge is -2.35. The fourth-order valence-corrected chi connectivity index (χ4v) is 2.47. The third-order valence-electron chi connectivity index (χ3n) is 3.48. The van der Waals surface area contributed by atoms with Gasteiger partial charge in [-0.25, -0.2) is 4.98 Å². The van der Waals surface area contributed by atoms with Crippen molar-refractivity contribution in [2.24, 2.45) is 0 Å². The molecule has 1 saturated heterocycles. The summed E-state index contributed by atoms with van der Waals surface area (Å²) in [5.41, 5.74) is 0.540. The normalized spacial score (nSPS) is 24.6. The maximum atomic E-state index is 8.90. The Hall–Kier alpha value is -1.31. The summed E-state index contributed by atoms with van der Waals surface area (Å²) in [5.74, 6) is 0.695. The molecule has 1 aliphatic heterocycles. The van der Waals surface area contributed by atoms with Crippen LogP contribution in [0.3, 0.4) is 0 Å². The van der Waals surface area contributed by atoms with Crippen molar-refractivity contribution in [1.82, 2.24) is 9.88 Å². The van der Waals surface area contributed by atoms with Crippen LogP contribution in [0.15, 0.2) is 12.1 Å². The first kappa shape index (κ1) is 13.1. The number of hydrogen-bond donors (Lipinski definition) is 1. The van der Waals surface area contributed by atoms with Gasteiger partial charge in [0.15, 0.2) is 0 Å². The highest BCUT2D eigenvalue weighted by atomic mass is 35.5. The van der Waals surface area contributed by atoms with Gasteiger partial charge >= 0.3 is 0 Å². The topological polar surface area (TPSA) is 52.0 Å². The maximum absolute atomic E-state index is 8.90. The van der Waals surface area contributed by atoms with Crippen molar-refractivity contribution in [3.05, 3.63) is 22.8 Å². The molecule has 2 atom stereocenters. The number of nitriles is 1. The van der Waals surface area contributed by atoms with Crippen LogP contribution >= 0.6 is 11.6 Å². The molecule has 0 amide bonds. The molecule has 0 saturated carbocycles. The van der Waals surface area contributed by atoms with Crippen LogP contribution in [0.4, 0.5) is 5.82 Å². The highest BCUT2D eigenvalue weighted by Gasteiger charge is 2.22. The summed E-state index contributed by atoms with van der Waals surface area (Å²) in [5, 5.41) is 12.6. The van der Waals surface area contributed by atoms with E-state index in [9.17, 15) is 0 Å². The van der Waals surface area contributed by atoms with Gasteiger partial charge in [-0.05, 0) is 38.9 Å². The Balaban J connectivity index is 2.06. The fraction of sp³-hybridized carbons (Fsp3) is 0.538. The van der Waals surface area contributed by atoms with Crippen molar-refractivity contribution >= 4 is 17.4 Å². The summed E-state index contributed by atoms with van der Waals surface area (Å²) < 4.78 is 0. The predicted octanol–water partition coefficient (Wildman–Crippen LogP) is 2.50. The molecule has 1 N–H and O–H groups in total. The number of likely N-dealkylation sites (tertiary alicyclic amines) is 1. The van der Waals surface area contributed by atoms with Crippen LogP contribution in [0.25, 0.3) is 0 Å². The molecule has 96 valence electrons. The largest absolute Gasteiger partial charge is 0.367 e. The molecule has 5 heteroatoms. The van der Waals surface area contributed by atoms with Crippen molar-refractivity contribution in [3.63, 3.8) is 0 Å². The first-order chi connectivity index (χ1) is 8.58. The summed E-state index contributed by atoms with van der Waals surface area (Å²) in [4.78, 5) is 6.56. The highest BCUT2D eigenvalue weighted by molar-refractivity contribution is 6.29. The van der Waals surface area contributed by atoms with Gasteiger partial charge in [0.05, 0.1) is 11.6 Å². The van der Waals surface area contributed by atoms with Crippen LogP contribution in [0.1, 0.15) is 25.3 Å². The molecule has 0 bridgehead atoms. The van der Waals surface area contributed by atoms with Crippen LogP contribution < -0.4 is 5.32 Å². The molecule has 1 aromatic heterocycles. The van der Waals surface area contributed by atoms with E-state index in [1.807, 2.05) is 0 Å². The van der Waals surface area contributed by atoms with Gasteiger partial charge in [-0.1, -0.05) is 11.6 Å². The summed E-state index contributed by atoms with van der Waals surface area (Å²) in [6.45, 7) is 3.30. The average Bonchev–Trinajstić information content (AvgIpc) is 2.33. The molecule has 18 heavy (non-hydrogen) atoms. The third-order valence-corrected chi connectivity index (χ3v) is 3.68. The van der Waals surface area contributed by atoms with Gasteiger partial charge in [0.2, 0.25) is 0 Å². The van der Waals surface area contributed by atoms with Crippen molar-refractivity contribution in [2.45, 2.75) is 31.8 Å².